The van der Waals surface area contributed by atoms with Crippen molar-refractivity contribution >= 4 is 0 Å². The summed E-state index contributed by atoms with van der Waals surface area (Å²) in [6.07, 6.45) is 4.06. The van der Waals surface area contributed by atoms with E-state index in [0.717, 1.165) is 108 Å². The van der Waals surface area contributed by atoms with E-state index in [1.807, 2.05) is 0 Å². The molecule has 62 heavy (non-hydrogen) atoms. The van der Waals surface area contributed by atoms with Crippen LogP contribution in [0.2, 0.25) is 0 Å². The molecule has 12 nitrogen and oxygen atoms in total. The molecule has 3 unspecified atom stereocenters. The van der Waals surface area contributed by atoms with Crippen LogP contribution in [0.4, 0.5) is 0 Å². The van der Waals surface area contributed by atoms with Crippen LogP contribution >= 0.6 is 0 Å². The molecule has 0 aliphatic carbocycles. The zero-order valence-electron chi connectivity index (χ0n) is 39.2. The first-order valence-corrected chi connectivity index (χ1v) is 23.6. The van der Waals surface area contributed by atoms with Crippen molar-refractivity contribution in [3.05, 3.63) is 87.3 Å². The Morgan fingerprint density at radius 2 is 1.13 bits per heavy atom. The third-order valence-corrected chi connectivity index (χ3v) is 13.4. The monoisotopic (exact) mass is 857 g/mol. The van der Waals surface area contributed by atoms with E-state index in [0.29, 0.717) is 75.3 Å². The first-order valence-electron chi connectivity index (χ1n) is 23.6. The van der Waals surface area contributed by atoms with Crippen LogP contribution in [0.25, 0.3) is 0 Å². The molecule has 5 atom stereocenters. The third kappa shape index (κ3) is 12.7. The van der Waals surface area contributed by atoms with Gasteiger partial charge in [-0.1, -0.05) is 52.8 Å². The van der Waals surface area contributed by atoms with Crippen LogP contribution in [0, 0.1) is 0 Å². The molecule has 4 fully saturated rings. The van der Waals surface area contributed by atoms with Gasteiger partial charge in [-0.25, -0.2) is 0 Å². The van der Waals surface area contributed by atoms with Gasteiger partial charge in [0.15, 0.2) is 0 Å². The average molecular weight is 857 g/mol. The minimum absolute atomic E-state index is 0.0761. The average Bonchev–Trinajstić information content (AvgIpc) is 4.04. The summed E-state index contributed by atoms with van der Waals surface area (Å²) < 4.78 is 36.3. The molecule has 0 saturated carbocycles. The minimum atomic E-state index is 0.0761. The maximum absolute atomic E-state index is 6.34. The van der Waals surface area contributed by atoms with Crippen molar-refractivity contribution in [1.82, 2.24) is 29.7 Å². The fourth-order valence-corrected chi connectivity index (χ4v) is 9.19. The molecule has 4 saturated heterocycles. The smallest absolute Gasteiger partial charge is 0.0815 e. The number of likely N-dealkylation sites (N-methyl/N-ethyl adjacent to an activating group) is 3. The summed E-state index contributed by atoms with van der Waals surface area (Å²) in [6.45, 7) is 22.2. The topological polar surface area (TPSA) is 104 Å². The summed E-state index contributed by atoms with van der Waals surface area (Å²) in [7, 11) is 6.51. The Morgan fingerprint density at radius 1 is 0.613 bits per heavy atom. The summed E-state index contributed by atoms with van der Waals surface area (Å²) in [5, 5.41) is 0. The van der Waals surface area contributed by atoms with Gasteiger partial charge < -0.3 is 28.4 Å². The molecule has 4 aliphatic rings. The van der Waals surface area contributed by atoms with Crippen LogP contribution in [0.3, 0.4) is 0 Å². The van der Waals surface area contributed by atoms with E-state index >= 15 is 0 Å². The molecular weight excluding hydrogens is 781 g/mol. The molecule has 7 rings (SSSR count). The fourth-order valence-electron chi connectivity index (χ4n) is 9.19. The molecule has 12 heteroatoms. The normalized spacial score (nSPS) is 23.3. The highest BCUT2D eigenvalue weighted by molar-refractivity contribution is 5.31. The molecule has 0 amide bonds. The summed E-state index contributed by atoms with van der Waals surface area (Å²) in [5.41, 5.74) is 10.9. The highest BCUT2D eigenvalue weighted by Crippen LogP contribution is 2.35. The molecule has 0 bridgehead atoms. The van der Waals surface area contributed by atoms with Crippen molar-refractivity contribution in [2.75, 3.05) is 100 Å². The van der Waals surface area contributed by atoms with E-state index in [1.54, 1.807) is 0 Å². The van der Waals surface area contributed by atoms with Gasteiger partial charge in [0.25, 0.3) is 0 Å². The molecule has 0 radical (unpaired) electrons. The Kier molecular flexibility index (Phi) is 17.3. The largest absolute Gasteiger partial charge is 0.381 e. The van der Waals surface area contributed by atoms with Crippen molar-refractivity contribution in [2.45, 2.75) is 128 Å². The number of aryl methyl sites for hydroxylation is 1. The fraction of sp³-hybridized carbons (Fsp3) is 0.700. The van der Waals surface area contributed by atoms with E-state index in [1.165, 1.54) is 28.1 Å². The van der Waals surface area contributed by atoms with Crippen LogP contribution in [0.1, 0.15) is 134 Å². The second-order valence-corrected chi connectivity index (χ2v) is 19.1. The maximum atomic E-state index is 6.34. The predicted molar refractivity (Wildman–Crippen MR) is 243 cm³/mol. The molecule has 4 aliphatic heterocycles. The number of rotatable bonds is 23. The number of pyridine rings is 3. The van der Waals surface area contributed by atoms with Crippen molar-refractivity contribution in [1.29, 1.82) is 0 Å². The molecule has 3 aromatic rings. The minimum Gasteiger partial charge on any atom is -0.381 e. The van der Waals surface area contributed by atoms with E-state index in [4.69, 9.17) is 43.4 Å². The molecular formula is C50H76N6O6. The van der Waals surface area contributed by atoms with Crippen LogP contribution in [0.5, 0.6) is 0 Å². The lowest BCUT2D eigenvalue weighted by atomic mass is 9.93. The highest BCUT2D eigenvalue weighted by atomic mass is 16.5. The van der Waals surface area contributed by atoms with E-state index in [2.05, 4.69) is 107 Å². The number of hydrogen-bond donors (Lipinski definition) is 0. The van der Waals surface area contributed by atoms with E-state index in [9.17, 15) is 0 Å². The van der Waals surface area contributed by atoms with Crippen LogP contribution in [0.15, 0.2) is 36.4 Å². The summed E-state index contributed by atoms with van der Waals surface area (Å²) in [4.78, 5) is 22.4. The second kappa shape index (κ2) is 22.8. The van der Waals surface area contributed by atoms with Gasteiger partial charge in [-0.15, -0.1) is 0 Å². The quantitative estimate of drug-likeness (QED) is 0.0914. The number of aromatic nitrogens is 3. The van der Waals surface area contributed by atoms with Crippen molar-refractivity contribution < 1.29 is 28.4 Å². The lowest BCUT2D eigenvalue weighted by Gasteiger charge is -2.35. The number of nitrogens with zero attached hydrogens (tertiary/aromatic N) is 6. The van der Waals surface area contributed by atoms with Gasteiger partial charge in [-0.2, -0.15) is 0 Å². The van der Waals surface area contributed by atoms with Crippen LogP contribution in [-0.4, -0.2) is 148 Å². The number of ether oxygens (including phenoxy) is 6. The molecule has 0 N–H and O–H groups in total. The Bertz CT molecular complexity index is 1850. The second-order valence-electron chi connectivity index (χ2n) is 19.1. The summed E-state index contributed by atoms with van der Waals surface area (Å²) in [6, 6.07) is 13.9. The molecule has 7 heterocycles. The first kappa shape index (κ1) is 47.1. The van der Waals surface area contributed by atoms with Gasteiger partial charge in [-0.3, -0.25) is 29.7 Å². The Balaban J connectivity index is 0.846. The van der Waals surface area contributed by atoms with E-state index < -0.39 is 0 Å². The molecule has 0 aromatic carbocycles. The highest BCUT2D eigenvalue weighted by Gasteiger charge is 2.32. The van der Waals surface area contributed by atoms with Crippen LogP contribution < -0.4 is 0 Å². The van der Waals surface area contributed by atoms with Gasteiger partial charge in [0.1, 0.15) is 0 Å². The van der Waals surface area contributed by atoms with Gasteiger partial charge in [0.05, 0.1) is 94.8 Å². The van der Waals surface area contributed by atoms with Crippen LogP contribution in [-0.2, 0) is 54.5 Å². The van der Waals surface area contributed by atoms with E-state index in [-0.39, 0.29) is 12.2 Å². The lowest BCUT2D eigenvalue weighted by molar-refractivity contribution is -0.0590. The molecule has 0 spiro atoms. The Morgan fingerprint density at radius 3 is 1.60 bits per heavy atom. The van der Waals surface area contributed by atoms with Gasteiger partial charge >= 0.3 is 0 Å². The maximum Gasteiger partial charge on any atom is 0.0815 e. The van der Waals surface area contributed by atoms with Crippen molar-refractivity contribution in [3.63, 3.8) is 0 Å². The first-order chi connectivity index (χ1) is 30.0. The number of hydrogen-bond acceptors (Lipinski definition) is 12. The van der Waals surface area contributed by atoms with Gasteiger partial charge in [0, 0.05) is 74.2 Å². The Labute approximate surface area is 372 Å². The lowest BCUT2D eigenvalue weighted by Crippen LogP contribution is -2.46. The molecule has 342 valence electrons. The van der Waals surface area contributed by atoms with Crippen molar-refractivity contribution in [2.24, 2.45) is 0 Å². The Hall–Kier alpha value is -2.91. The van der Waals surface area contributed by atoms with Gasteiger partial charge in [-0.05, 0) is 93.6 Å². The summed E-state index contributed by atoms with van der Waals surface area (Å²) >= 11 is 0. The third-order valence-electron chi connectivity index (χ3n) is 13.4. The van der Waals surface area contributed by atoms with Crippen molar-refractivity contribution in [3.8, 4) is 0 Å². The SMILES string of the molecule is CCc1ccc([C@H]2COC(COCCN(C)Cc3nc(C(C)C)ccc3C3COC(COCCN(C)Cc4nc(C(C)C)ccc4[C@H]4CCOC4)C3)C2)c(CN(C)C2COC2)n1. The summed E-state index contributed by atoms with van der Waals surface area (Å²) in [5.74, 6) is 1.83. The zero-order valence-corrected chi connectivity index (χ0v) is 39.2. The molecule has 3 aromatic heterocycles. The standard InChI is InChI=1S/C50H76N6O6/c1-9-39-10-11-44(50(51-39)26-56(8)40-30-60-31-40)37-22-41(61-28-37)32-59-21-18-55(7)25-49-45(13-15-47(53-49)35(4)5)38-23-42(62-29-38)33-58-20-17-54(6)24-48-43(36-16-19-57-27-36)12-14-46(52-48)34(2)3/h10-15,34-38,40-42H,9,16-33H2,1-8H3/t36-,37+,38?,41?,42?/m0/s1. The zero-order chi connectivity index (χ0) is 43.6. The predicted octanol–water partition coefficient (Wildman–Crippen LogP) is 7.06. The van der Waals surface area contributed by atoms with Gasteiger partial charge in [0.2, 0.25) is 0 Å².